The van der Waals surface area contributed by atoms with Crippen molar-refractivity contribution in [2.75, 3.05) is 5.32 Å². The highest BCUT2D eigenvalue weighted by Gasteiger charge is 2.36. The van der Waals surface area contributed by atoms with E-state index in [2.05, 4.69) is 25.6 Å². The predicted octanol–water partition coefficient (Wildman–Crippen LogP) is 4.46. The van der Waals surface area contributed by atoms with E-state index in [1.807, 2.05) is 36.3 Å². The number of anilines is 1. The Morgan fingerprint density at radius 2 is 1.75 bits per heavy atom. The molecule has 2 N–H and O–H groups in total. The Hall–Kier alpha value is -5.22. The minimum atomic E-state index is -4.70. The maximum absolute atomic E-state index is 13.9. The van der Waals surface area contributed by atoms with Gasteiger partial charge in [0, 0.05) is 33.3 Å². The number of rotatable bonds is 5. The first-order chi connectivity index (χ1) is 19.3. The van der Waals surface area contributed by atoms with E-state index in [9.17, 15) is 22.8 Å². The third-order valence-corrected chi connectivity index (χ3v) is 7.09. The Morgan fingerprint density at radius 3 is 2.48 bits per heavy atom. The summed E-state index contributed by atoms with van der Waals surface area (Å²) in [6.45, 7) is 0. The molecule has 12 heteroatoms. The lowest BCUT2D eigenvalue weighted by Gasteiger charge is -2.15. The van der Waals surface area contributed by atoms with Crippen LogP contribution in [0.15, 0.2) is 67.1 Å². The van der Waals surface area contributed by atoms with E-state index in [0.717, 1.165) is 51.1 Å². The molecule has 3 aromatic carbocycles. The smallest absolute Gasteiger partial charge is 0.345 e. The number of halogens is 3. The van der Waals surface area contributed by atoms with E-state index in [1.54, 1.807) is 4.68 Å². The molecule has 9 nitrogen and oxygen atoms in total. The Labute approximate surface area is 222 Å². The number of carbonyl (C=O) groups excluding carboxylic acids is 2. The summed E-state index contributed by atoms with van der Waals surface area (Å²) in [7, 11) is 0. The van der Waals surface area contributed by atoms with E-state index < -0.39 is 17.6 Å². The highest BCUT2D eigenvalue weighted by molar-refractivity contribution is 6.13. The normalized spacial score (nSPS) is 13.7. The Kier molecular flexibility index (Phi) is 5.16. The fraction of sp³-hybridized carbons (Fsp3) is 0.143. The molecule has 0 aliphatic heterocycles. The minimum absolute atomic E-state index is 0.0210. The average Bonchev–Trinajstić information content (AvgIpc) is 3.32. The first kappa shape index (κ1) is 23.9. The lowest BCUT2D eigenvalue weighted by Crippen LogP contribution is -2.17. The van der Waals surface area contributed by atoms with Crippen LogP contribution in [0.4, 0.5) is 18.9 Å². The fourth-order valence-corrected chi connectivity index (χ4v) is 5.20. The van der Waals surface area contributed by atoms with Crippen molar-refractivity contribution in [3.63, 3.8) is 0 Å². The number of amides is 1. The SMILES string of the molecule is O=C=c1[nH]c2ccc(-n3ncc(C(=O)Nc4ccc(-n5nccn5)c(C(F)(F)F)c4)c3C3CC3)c3cccc1c23. The second-order valence-electron chi connectivity index (χ2n) is 9.59. The zero-order chi connectivity index (χ0) is 27.6. The van der Waals surface area contributed by atoms with E-state index >= 15 is 0 Å². The van der Waals surface area contributed by atoms with Gasteiger partial charge in [-0.05, 0) is 43.2 Å². The Morgan fingerprint density at radius 1 is 1.00 bits per heavy atom. The number of nitrogens with one attached hydrogen (secondary N) is 2. The van der Waals surface area contributed by atoms with Crippen molar-refractivity contribution in [3.8, 4) is 11.4 Å². The topological polar surface area (TPSA) is 110 Å². The molecule has 1 saturated carbocycles. The van der Waals surface area contributed by atoms with E-state index in [4.69, 9.17) is 0 Å². The van der Waals surface area contributed by atoms with Crippen LogP contribution >= 0.6 is 0 Å². The molecule has 0 radical (unpaired) electrons. The second kappa shape index (κ2) is 8.65. The van der Waals surface area contributed by atoms with Gasteiger partial charge >= 0.3 is 6.18 Å². The molecule has 198 valence electrons. The highest BCUT2D eigenvalue weighted by atomic mass is 19.4. The minimum Gasteiger partial charge on any atom is -0.345 e. The highest BCUT2D eigenvalue weighted by Crippen LogP contribution is 2.44. The number of H-pyrrole nitrogens is 1. The quantitative estimate of drug-likeness (QED) is 0.335. The summed E-state index contributed by atoms with van der Waals surface area (Å²) in [5.74, 6) is 1.45. The van der Waals surface area contributed by atoms with Crippen molar-refractivity contribution in [2.24, 2.45) is 0 Å². The number of nitrogens with zero attached hydrogens (tertiary/aromatic N) is 5. The lowest BCUT2D eigenvalue weighted by atomic mass is 10.0. The molecule has 0 saturated heterocycles. The maximum atomic E-state index is 13.9. The zero-order valence-electron chi connectivity index (χ0n) is 20.5. The van der Waals surface area contributed by atoms with Gasteiger partial charge in [0.25, 0.3) is 5.91 Å². The number of alkyl halides is 3. The zero-order valence-corrected chi connectivity index (χ0v) is 20.5. The van der Waals surface area contributed by atoms with Gasteiger partial charge in [-0.25, -0.2) is 9.48 Å². The van der Waals surface area contributed by atoms with Crippen molar-refractivity contribution in [2.45, 2.75) is 24.9 Å². The van der Waals surface area contributed by atoms with Gasteiger partial charge in [0.1, 0.15) is 5.35 Å². The Balaban J connectivity index is 1.29. The van der Waals surface area contributed by atoms with Crippen molar-refractivity contribution in [3.05, 3.63) is 89.3 Å². The van der Waals surface area contributed by atoms with Crippen LogP contribution in [0.3, 0.4) is 0 Å². The monoisotopic (exact) mass is 541 g/mol. The standard InChI is InChI=1S/C28H18F3N7O2/c29-28(30,31)20-12-16(6-8-24(20)38-32-10-11-33-38)35-27(40)19-13-34-37(26(19)15-4-5-15)23-9-7-21-25-17(22(14-39)36-21)2-1-3-18(23)25/h1-3,6-13,15,36H,4-5H2,(H,35,40). The van der Waals surface area contributed by atoms with Crippen LogP contribution in [0.2, 0.25) is 0 Å². The molecule has 7 rings (SSSR count). The molecule has 1 aliphatic rings. The summed E-state index contributed by atoms with van der Waals surface area (Å²) in [6.07, 6.45) is 1.02. The summed E-state index contributed by atoms with van der Waals surface area (Å²) in [5.41, 5.74) is 1.21. The molecule has 6 aromatic rings. The number of hydrogen-bond acceptors (Lipinski definition) is 5. The van der Waals surface area contributed by atoms with Gasteiger partial charge < -0.3 is 10.3 Å². The molecule has 3 aromatic heterocycles. The molecule has 0 spiro atoms. The molecule has 1 fully saturated rings. The van der Waals surface area contributed by atoms with Crippen molar-refractivity contribution >= 4 is 39.2 Å². The van der Waals surface area contributed by atoms with Crippen LogP contribution in [0, 0.1) is 0 Å². The van der Waals surface area contributed by atoms with Gasteiger partial charge in [-0.1, -0.05) is 18.2 Å². The number of aromatic amines is 1. The predicted molar refractivity (Wildman–Crippen MR) is 139 cm³/mol. The van der Waals surface area contributed by atoms with Gasteiger partial charge in [0.15, 0.2) is 5.94 Å². The van der Waals surface area contributed by atoms with Crippen LogP contribution in [0.1, 0.15) is 40.4 Å². The van der Waals surface area contributed by atoms with Gasteiger partial charge in [-0.2, -0.15) is 33.3 Å². The number of aromatic nitrogens is 6. The summed E-state index contributed by atoms with van der Waals surface area (Å²) in [6, 6.07) is 12.8. The summed E-state index contributed by atoms with van der Waals surface area (Å²) < 4.78 is 43.3. The molecule has 1 aliphatic carbocycles. The van der Waals surface area contributed by atoms with Gasteiger partial charge in [0.2, 0.25) is 0 Å². The fourth-order valence-electron chi connectivity index (χ4n) is 5.20. The number of benzene rings is 3. The van der Waals surface area contributed by atoms with Crippen LogP contribution in [0.5, 0.6) is 0 Å². The molecule has 0 atom stereocenters. The first-order valence-corrected chi connectivity index (χ1v) is 12.4. The average molecular weight is 541 g/mol. The van der Waals surface area contributed by atoms with Crippen molar-refractivity contribution in [1.82, 2.24) is 29.8 Å². The molecule has 3 heterocycles. The summed E-state index contributed by atoms with van der Waals surface area (Å²) >= 11 is 0. The molecule has 1 amide bonds. The van der Waals surface area contributed by atoms with Crippen LogP contribution < -0.4 is 10.7 Å². The van der Waals surface area contributed by atoms with E-state index in [0.29, 0.717) is 11.0 Å². The van der Waals surface area contributed by atoms with Gasteiger partial charge in [-0.15, -0.1) is 0 Å². The first-order valence-electron chi connectivity index (χ1n) is 12.4. The molecular formula is C28H18F3N7O2. The molecule has 0 bridgehead atoms. The third kappa shape index (κ3) is 3.76. The van der Waals surface area contributed by atoms with E-state index in [-0.39, 0.29) is 22.9 Å². The van der Waals surface area contributed by atoms with Gasteiger partial charge in [0.05, 0.1) is 46.8 Å². The summed E-state index contributed by atoms with van der Waals surface area (Å²) in [4.78, 5) is 28.8. The van der Waals surface area contributed by atoms with Crippen molar-refractivity contribution < 1.29 is 22.8 Å². The molecule has 40 heavy (non-hydrogen) atoms. The largest absolute Gasteiger partial charge is 0.418 e. The van der Waals surface area contributed by atoms with Crippen molar-refractivity contribution in [1.29, 1.82) is 0 Å². The number of carbonyl (C=O) groups is 1. The van der Waals surface area contributed by atoms with Crippen LogP contribution in [-0.4, -0.2) is 41.6 Å². The second-order valence-corrected chi connectivity index (χ2v) is 9.59. The third-order valence-electron chi connectivity index (χ3n) is 7.09. The summed E-state index contributed by atoms with van der Waals surface area (Å²) in [5, 5.41) is 17.5. The van der Waals surface area contributed by atoms with Gasteiger partial charge in [-0.3, -0.25) is 4.79 Å². The maximum Gasteiger partial charge on any atom is 0.418 e. The molecule has 0 unspecified atom stereocenters. The lowest BCUT2D eigenvalue weighted by molar-refractivity contribution is -0.137. The Bertz CT molecular complexity index is 2010. The van der Waals surface area contributed by atoms with Crippen LogP contribution in [0.25, 0.3) is 33.1 Å². The van der Waals surface area contributed by atoms with E-state index in [1.165, 1.54) is 30.7 Å². The molecular weight excluding hydrogens is 523 g/mol. The number of hydrogen-bond donors (Lipinski definition) is 2. The van der Waals surface area contributed by atoms with Crippen LogP contribution in [-0.2, 0) is 11.0 Å².